The largest absolute Gasteiger partial charge is 0.545 e. The van der Waals surface area contributed by atoms with E-state index >= 15 is 0 Å². The summed E-state index contributed by atoms with van der Waals surface area (Å²) in [6.45, 7) is 5.88. The third-order valence-corrected chi connectivity index (χ3v) is 4.69. The van der Waals surface area contributed by atoms with Crippen LogP contribution in [-0.4, -0.2) is 49.4 Å². The molecule has 0 fully saturated rings. The molecular weight excluding hydrogens is 270 g/mol. The van der Waals surface area contributed by atoms with Crippen LogP contribution in [0.25, 0.3) is 0 Å². The summed E-state index contributed by atoms with van der Waals surface area (Å²) in [6.07, 6.45) is 1.70. The monoisotopic (exact) mass is 293 g/mol. The molecule has 0 heterocycles. The summed E-state index contributed by atoms with van der Waals surface area (Å²) in [7, 11) is -0.848. The van der Waals surface area contributed by atoms with Gasteiger partial charge in [-0.15, -0.1) is 0 Å². The second-order valence-electron chi connectivity index (χ2n) is 5.26. The van der Waals surface area contributed by atoms with E-state index < -0.39 is 21.5 Å². The molecule has 0 spiro atoms. The van der Waals surface area contributed by atoms with Gasteiger partial charge in [0.25, 0.3) is 0 Å². The van der Waals surface area contributed by atoms with Gasteiger partial charge in [-0.25, -0.2) is 0 Å². The first kappa shape index (κ1) is 18.1. The number of quaternary nitrogens is 1. The van der Waals surface area contributed by atoms with Crippen LogP contribution in [0, 0.1) is 0 Å². The molecule has 0 aromatic carbocycles. The van der Waals surface area contributed by atoms with Crippen LogP contribution < -0.4 is 5.11 Å². The van der Waals surface area contributed by atoms with Crippen molar-refractivity contribution in [3.8, 4) is 0 Å². The molecule has 0 radical (unpaired) electrons. The molecule has 0 amide bonds. The van der Waals surface area contributed by atoms with Crippen molar-refractivity contribution in [1.29, 1.82) is 0 Å². The Morgan fingerprint density at radius 2 is 1.95 bits per heavy atom. The molecule has 0 aliphatic heterocycles. The lowest BCUT2D eigenvalue weighted by atomic mass is 10.1. The first-order valence-electron chi connectivity index (χ1n) is 6.20. The Kier molecular flexibility index (Phi) is 6.68. The molecular formula is C12H23NO5S. The Morgan fingerprint density at radius 1 is 1.42 bits per heavy atom. The maximum absolute atomic E-state index is 11.5. The van der Waals surface area contributed by atoms with Gasteiger partial charge in [-0.1, -0.05) is 19.9 Å². The molecule has 112 valence electrons. The minimum atomic E-state index is -4.26. The van der Waals surface area contributed by atoms with E-state index in [-0.39, 0.29) is 22.9 Å². The predicted octanol–water partition coefficient (Wildman–Crippen LogP) is 0.163. The van der Waals surface area contributed by atoms with Crippen LogP contribution in [0.2, 0.25) is 0 Å². The van der Waals surface area contributed by atoms with Crippen LogP contribution in [0.1, 0.15) is 32.6 Å². The zero-order chi connectivity index (χ0) is 15.3. The van der Waals surface area contributed by atoms with Crippen molar-refractivity contribution in [2.45, 2.75) is 38.0 Å². The van der Waals surface area contributed by atoms with Gasteiger partial charge in [0.1, 0.15) is 0 Å². The Labute approximate surface area is 115 Å². The van der Waals surface area contributed by atoms with E-state index in [1.165, 1.54) is 0 Å². The van der Waals surface area contributed by atoms with Gasteiger partial charge >= 0.3 is 10.1 Å². The van der Waals surface area contributed by atoms with E-state index in [1.54, 1.807) is 14.1 Å². The maximum atomic E-state index is 11.5. The molecule has 0 aromatic rings. The van der Waals surface area contributed by atoms with Gasteiger partial charge in [-0.2, -0.15) is 8.42 Å². The van der Waals surface area contributed by atoms with Crippen LogP contribution in [0.5, 0.6) is 0 Å². The molecule has 0 bridgehead atoms. The summed E-state index contributed by atoms with van der Waals surface area (Å²) in [6, 6.07) is 0. The highest BCUT2D eigenvalue weighted by atomic mass is 32.2. The number of aliphatic carboxylic acids is 1. The Bertz CT molecular complexity index is 427. The third kappa shape index (κ3) is 6.17. The fraction of sp³-hybridized carbons (Fsp3) is 0.750. The number of carboxylic acids is 1. The number of hydrogen-bond donors (Lipinski definition) is 1. The second kappa shape index (κ2) is 7.02. The summed E-state index contributed by atoms with van der Waals surface area (Å²) in [5.74, 6) is -1.40. The average molecular weight is 293 g/mol. The molecule has 0 rings (SSSR count). The molecule has 0 aromatic heterocycles. The Balaban J connectivity index is 4.93. The number of hydrogen-bond acceptors (Lipinski definition) is 4. The fourth-order valence-corrected chi connectivity index (χ4v) is 3.21. The molecule has 1 unspecified atom stereocenters. The van der Waals surface area contributed by atoms with Crippen molar-refractivity contribution >= 4 is 16.1 Å². The third-order valence-electron chi connectivity index (χ3n) is 3.19. The first-order valence-corrected chi connectivity index (χ1v) is 7.70. The fourth-order valence-electron chi connectivity index (χ4n) is 1.97. The van der Waals surface area contributed by atoms with Gasteiger partial charge in [-0.05, 0) is 18.4 Å². The summed E-state index contributed by atoms with van der Waals surface area (Å²) in [5, 5.41) is 9.50. The topological polar surface area (TPSA) is 94.5 Å². The van der Waals surface area contributed by atoms with Crippen LogP contribution in [0.15, 0.2) is 12.2 Å². The van der Waals surface area contributed by atoms with Gasteiger partial charge in [0, 0.05) is 6.42 Å². The minimum absolute atomic E-state index is 0.00234. The number of carbonyl (C=O) groups is 1. The van der Waals surface area contributed by atoms with Crippen molar-refractivity contribution in [3.05, 3.63) is 12.2 Å². The predicted molar refractivity (Wildman–Crippen MR) is 70.6 cm³/mol. The van der Waals surface area contributed by atoms with Crippen molar-refractivity contribution < 1.29 is 27.4 Å². The minimum Gasteiger partial charge on any atom is -0.545 e. The summed E-state index contributed by atoms with van der Waals surface area (Å²) in [5.41, 5.74) is -0.163. The standard InChI is InChI=1S/C12H23NO5S/c1-5-6-9-13(3,4)11(19(16,17)18)8-7-10(2)12(14)15/h11H,2,5-9H2,1,3-4H3,(H-,14,15,16,17,18). The van der Waals surface area contributed by atoms with Crippen LogP contribution in [0.4, 0.5) is 0 Å². The normalized spacial score (nSPS) is 14.1. The average Bonchev–Trinajstić information content (AvgIpc) is 2.24. The Morgan fingerprint density at radius 3 is 2.32 bits per heavy atom. The van der Waals surface area contributed by atoms with Gasteiger partial charge < -0.3 is 14.4 Å². The van der Waals surface area contributed by atoms with E-state index in [1.807, 2.05) is 6.92 Å². The highest BCUT2D eigenvalue weighted by Gasteiger charge is 2.37. The number of carboxylic acid groups (broad SMARTS) is 1. The van der Waals surface area contributed by atoms with Crippen molar-refractivity contribution in [2.75, 3.05) is 20.6 Å². The second-order valence-corrected chi connectivity index (χ2v) is 6.83. The van der Waals surface area contributed by atoms with Gasteiger partial charge in [0.05, 0.1) is 26.6 Å². The van der Waals surface area contributed by atoms with E-state index in [0.29, 0.717) is 6.54 Å². The van der Waals surface area contributed by atoms with Gasteiger partial charge in [0.2, 0.25) is 5.37 Å². The van der Waals surface area contributed by atoms with Crippen LogP contribution in [0.3, 0.4) is 0 Å². The molecule has 7 heteroatoms. The highest BCUT2D eigenvalue weighted by molar-refractivity contribution is 7.86. The molecule has 0 saturated carbocycles. The highest BCUT2D eigenvalue weighted by Crippen LogP contribution is 2.21. The van der Waals surface area contributed by atoms with Crippen LogP contribution in [-0.2, 0) is 14.9 Å². The van der Waals surface area contributed by atoms with Crippen molar-refractivity contribution in [1.82, 2.24) is 0 Å². The number of nitrogens with zero attached hydrogens (tertiary/aromatic N) is 1. The van der Waals surface area contributed by atoms with E-state index in [4.69, 9.17) is 0 Å². The molecule has 0 aliphatic carbocycles. The molecule has 1 N–H and O–H groups in total. The van der Waals surface area contributed by atoms with E-state index in [9.17, 15) is 22.9 Å². The number of unbranched alkanes of at least 4 members (excludes halogenated alkanes) is 1. The number of rotatable bonds is 9. The van der Waals surface area contributed by atoms with Crippen molar-refractivity contribution in [3.63, 3.8) is 0 Å². The lowest BCUT2D eigenvalue weighted by Gasteiger charge is -2.36. The summed E-state index contributed by atoms with van der Waals surface area (Å²) < 4.78 is 32.4. The molecule has 1 atom stereocenters. The summed E-state index contributed by atoms with van der Waals surface area (Å²) in [4.78, 5) is 10.6. The SMILES string of the molecule is C=C(CCC([N+](C)(C)CCCC)S(=O)(=O)O)C(=O)[O-]. The van der Waals surface area contributed by atoms with Crippen molar-refractivity contribution in [2.24, 2.45) is 0 Å². The van der Waals surface area contributed by atoms with E-state index in [2.05, 4.69) is 6.58 Å². The quantitative estimate of drug-likeness (QED) is 0.371. The van der Waals surface area contributed by atoms with Gasteiger partial charge in [-0.3, -0.25) is 4.55 Å². The molecule has 19 heavy (non-hydrogen) atoms. The van der Waals surface area contributed by atoms with Crippen LogP contribution >= 0.6 is 0 Å². The number of carbonyl (C=O) groups excluding carboxylic acids is 1. The lowest BCUT2D eigenvalue weighted by Crippen LogP contribution is -2.53. The zero-order valence-corrected chi connectivity index (χ0v) is 12.6. The molecule has 0 aliphatic rings. The molecule has 0 saturated heterocycles. The summed E-state index contributed by atoms with van der Waals surface area (Å²) >= 11 is 0. The maximum Gasteiger partial charge on any atom is 0.319 e. The lowest BCUT2D eigenvalue weighted by molar-refractivity contribution is -0.902. The molecule has 6 nitrogen and oxygen atoms in total. The van der Waals surface area contributed by atoms with E-state index in [0.717, 1.165) is 12.8 Å². The first-order chi connectivity index (χ1) is 8.52. The Hall–Kier alpha value is -0.920. The smallest absolute Gasteiger partial charge is 0.319 e. The van der Waals surface area contributed by atoms with Gasteiger partial charge in [0.15, 0.2) is 0 Å². The zero-order valence-electron chi connectivity index (χ0n) is 11.8.